The summed E-state index contributed by atoms with van der Waals surface area (Å²) in [5.74, 6) is 0.0286. The third kappa shape index (κ3) is 4.46. The van der Waals surface area contributed by atoms with Gasteiger partial charge in [-0.25, -0.2) is 9.18 Å². The van der Waals surface area contributed by atoms with E-state index in [1.165, 1.54) is 25.5 Å². The lowest BCUT2D eigenvalue weighted by atomic mass is 10.1. The van der Waals surface area contributed by atoms with Gasteiger partial charge >= 0.3 is 6.03 Å². The molecular formula is C16H19FN2O4. The minimum atomic E-state index is -0.919. The van der Waals surface area contributed by atoms with Gasteiger partial charge in [-0.1, -0.05) is 6.07 Å². The number of carbonyl (C=O) groups excluding carboxylic acids is 1. The Kier molecular flexibility index (Phi) is 5.59. The van der Waals surface area contributed by atoms with Gasteiger partial charge in [-0.3, -0.25) is 0 Å². The number of aliphatic hydroxyl groups is 1. The number of furan rings is 1. The van der Waals surface area contributed by atoms with E-state index < -0.39 is 18.0 Å². The summed E-state index contributed by atoms with van der Waals surface area (Å²) in [6, 6.07) is 6.85. The normalized spacial score (nSPS) is 13.2. The summed E-state index contributed by atoms with van der Waals surface area (Å²) in [6.07, 6.45) is 0.528. The molecule has 0 aliphatic heterocycles. The minimum absolute atomic E-state index is 0.0127. The molecule has 2 atom stereocenters. The van der Waals surface area contributed by atoms with Gasteiger partial charge in [0.05, 0.1) is 26.0 Å². The zero-order valence-electron chi connectivity index (χ0n) is 12.9. The maximum Gasteiger partial charge on any atom is 0.315 e. The number of rotatable bonds is 6. The molecule has 0 fully saturated rings. The minimum Gasteiger partial charge on any atom is -0.494 e. The topological polar surface area (TPSA) is 83.7 Å². The molecule has 124 valence electrons. The molecule has 3 N–H and O–H groups in total. The zero-order valence-corrected chi connectivity index (χ0v) is 12.9. The quantitative estimate of drug-likeness (QED) is 0.763. The number of ether oxygens (including phenoxy) is 1. The van der Waals surface area contributed by atoms with Crippen molar-refractivity contribution < 1.29 is 23.4 Å². The lowest BCUT2D eigenvalue weighted by Gasteiger charge is -2.17. The van der Waals surface area contributed by atoms with Gasteiger partial charge in [-0.05, 0) is 36.8 Å². The molecule has 0 saturated heterocycles. The van der Waals surface area contributed by atoms with E-state index in [-0.39, 0.29) is 18.3 Å². The maximum atomic E-state index is 13.4. The van der Waals surface area contributed by atoms with E-state index in [9.17, 15) is 14.3 Å². The van der Waals surface area contributed by atoms with Crippen molar-refractivity contribution in [2.75, 3.05) is 13.7 Å². The Labute approximate surface area is 133 Å². The first kappa shape index (κ1) is 16.8. The predicted molar refractivity (Wildman–Crippen MR) is 81.6 cm³/mol. The molecule has 23 heavy (non-hydrogen) atoms. The number of urea groups is 1. The van der Waals surface area contributed by atoms with E-state index in [0.29, 0.717) is 11.3 Å². The van der Waals surface area contributed by atoms with Gasteiger partial charge in [-0.15, -0.1) is 0 Å². The molecule has 0 saturated carbocycles. The predicted octanol–water partition coefficient (Wildman–Crippen LogP) is 2.52. The summed E-state index contributed by atoms with van der Waals surface area (Å²) < 4.78 is 23.3. The summed E-state index contributed by atoms with van der Waals surface area (Å²) in [5.41, 5.74) is 0.699. The van der Waals surface area contributed by atoms with Crippen LogP contribution in [0.25, 0.3) is 0 Å². The van der Waals surface area contributed by atoms with E-state index in [1.54, 1.807) is 25.1 Å². The summed E-state index contributed by atoms with van der Waals surface area (Å²) in [6.45, 7) is 1.77. The van der Waals surface area contributed by atoms with Crippen molar-refractivity contribution >= 4 is 6.03 Å². The van der Waals surface area contributed by atoms with Crippen molar-refractivity contribution in [3.63, 3.8) is 0 Å². The van der Waals surface area contributed by atoms with Gasteiger partial charge in [0.1, 0.15) is 11.9 Å². The average molecular weight is 322 g/mol. The van der Waals surface area contributed by atoms with Crippen molar-refractivity contribution in [1.29, 1.82) is 0 Å². The van der Waals surface area contributed by atoms with Crippen LogP contribution in [0.3, 0.4) is 0 Å². The van der Waals surface area contributed by atoms with Crippen LogP contribution in [0, 0.1) is 5.82 Å². The Morgan fingerprint density at radius 2 is 2.22 bits per heavy atom. The van der Waals surface area contributed by atoms with Crippen molar-refractivity contribution in [3.05, 3.63) is 53.7 Å². The van der Waals surface area contributed by atoms with E-state index >= 15 is 0 Å². The van der Waals surface area contributed by atoms with Crippen LogP contribution >= 0.6 is 0 Å². The van der Waals surface area contributed by atoms with Crippen molar-refractivity contribution in [2.45, 2.75) is 19.1 Å². The fourth-order valence-corrected chi connectivity index (χ4v) is 2.05. The maximum absolute atomic E-state index is 13.4. The molecule has 2 aromatic rings. The monoisotopic (exact) mass is 322 g/mol. The number of aliphatic hydroxyl groups excluding tert-OH is 1. The molecule has 0 radical (unpaired) electrons. The van der Waals surface area contributed by atoms with Crippen molar-refractivity contribution in [3.8, 4) is 5.75 Å². The van der Waals surface area contributed by atoms with E-state index in [0.717, 1.165) is 0 Å². The Morgan fingerprint density at radius 1 is 1.43 bits per heavy atom. The Hall–Kier alpha value is -2.54. The third-order valence-electron chi connectivity index (χ3n) is 3.35. The Bertz CT molecular complexity index is 646. The number of halogens is 1. The number of hydrogen-bond acceptors (Lipinski definition) is 4. The van der Waals surface area contributed by atoms with Gasteiger partial charge < -0.3 is 24.9 Å². The van der Waals surface area contributed by atoms with Crippen LogP contribution in [-0.4, -0.2) is 24.8 Å². The molecule has 2 rings (SSSR count). The molecule has 1 heterocycles. The molecule has 7 heteroatoms. The Balaban J connectivity index is 1.87. The fraction of sp³-hybridized carbons (Fsp3) is 0.312. The average Bonchev–Trinajstić information content (AvgIpc) is 3.07. The van der Waals surface area contributed by atoms with Crippen LogP contribution in [0.2, 0.25) is 0 Å². The first-order valence-electron chi connectivity index (χ1n) is 7.10. The second kappa shape index (κ2) is 7.64. The first-order valence-corrected chi connectivity index (χ1v) is 7.10. The second-order valence-corrected chi connectivity index (χ2v) is 5.00. The molecule has 1 aromatic carbocycles. The number of nitrogens with one attached hydrogen (secondary N) is 2. The molecule has 1 aromatic heterocycles. The number of carbonyl (C=O) groups is 1. The van der Waals surface area contributed by atoms with Crippen LogP contribution in [0.5, 0.6) is 5.75 Å². The van der Waals surface area contributed by atoms with E-state index in [2.05, 4.69) is 10.6 Å². The highest BCUT2D eigenvalue weighted by atomic mass is 19.1. The van der Waals surface area contributed by atoms with Crippen LogP contribution in [0.1, 0.15) is 30.4 Å². The number of methoxy groups -OCH3 is 1. The highest BCUT2D eigenvalue weighted by Crippen LogP contribution is 2.22. The largest absolute Gasteiger partial charge is 0.494 e. The lowest BCUT2D eigenvalue weighted by molar-refractivity contribution is 0.147. The zero-order chi connectivity index (χ0) is 16.8. The van der Waals surface area contributed by atoms with E-state index in [1.807, 2.05) is 0 Å². The van der Waals surface area contributed by atoms with Crippen LogP contribution in [-0.2, 0) is 0 Å². The number of amides is 2. The molecule has 2 unspecified atom stereocenters. The molecule has 6 nitrogen and oxygen atoms in total. The first-order chi connectivity index (χ1) is 11.0. The summed E-state index contributed by atoms with van der Waals surface area (Å²) >= 11 is 0. The van der Waals surface area contributed by atoms with Gasteiger partial charge in [-0.2, -0.15) is 0 Å². The molecule has 0 bridgehead atoms. The highest BCUT2D eigenvalue weighted by Gasteiger charge is 2.15. The lowest BCUT2D eigenvalue weighted by Crippen LogP contribution is -2.39. The smallest absolute Gasteiger partial charge is 0.315 e. The summed E-state index contributed by atoms with van der Waals surface area (Å²) in [5, 5.41) is 15.1. The molecule has 0 aliphatic rings. The van der Waals surface area contributed by atoms with Gasteiger partial charge in [0.15, 0.2) is 11.6 Å². The van der Waals surface area contributed by atoms with Crippen LogP contribution < -0.4 is 15.4 Å². The van der Waals surface area contributed by atoms with Gasteiger partial charge in [0, 0.05) is 0 Å². The third-order valence-corrected chi connectivity index (χ3v) is 3.35. The van der Waals surface area contributed by atoms with Gasteiger partial charge in [0.2, 0.25) is 0 Å². The van der Waals surface area contributed by atoms with Crippen molar-refractivity contribution in [1.82, 2.24) is 10.6 Å². The van der Waals surface area contributed by atoms with Crippen molar-refractivity contribution in [2.24, 2.45) is 0 Å². The van der Waals surface area contributed by atoms with E-state index in [4.69, 9.17) is 9.15 Å². The molecule has 0 spiro atoms. The second-order valence-electron chi connectivity index (χ2n) is 5.00. The van der Waals surface area contributed by atoms with Gasteiger partial charge in [0.25, 0.3) is 0 Å². The standard InChI is InChI=1S/C16H19FN2O4/c1-10(11-5-6-12(17)15(8-11)22-2)19-16(21)18-9-13(20)14-4-3-7-23-14/h3-8,10,13,20H,9H2,1-2H3,(H2,18,19,21). The highest BCUT2D eigenvalue weighted by molar-refractivity contribution is 5.74. The fourth-order valence-electron chi connectivity index (χ4n) is 2.05. The summed E-state index contributed by atoms with van der Waals surface area (Å²) in [7, 11) is 1.38. The Morgan fingerprint density at radius 3 is 2.87 bits per heavy atom. The molecule has 0 aliphatic carbocycles. The summed E-state index contributed by atoms with van der Waals surface area (Å²) in [4.78, 5) is 11.9. The van der Waals surface area contributed by atoms with Crippen LogP contribution in [0.15, 0.2) is 41.0 Å². The van der Waals surface area contributed by atoms with Crippen LogP contribution in [0.4, 0.5) is 9.18 Å². The molecule has 2 amide bonds. The molecular weight excluding hydrogens is 303 g/mol. The number of benzene rings is 1. The SMILES string of the molecule is COc1cc(C(C)NC(=O)NCC(O)c2ccco2)ccc1F. The number of hydrogen-bond donors (Lipinski definition) is 3.